The van der Waals surface area contributed by atoms with Gasteiger partial charge in [0.1, 0.15) is 23.9 Å². The zero-order valence-electron chi connectivity index (χ0n) is 19.6. The van der Waals surface area contributed by atoms with Gasteiger partial charge in [0.2, 0.25) is 11.8 Å². The lowest BCUT2D eigenvalue weighted by molar-refractivity contribution is -0.127. The Balaban J connectivity index is 1.72. The van der Waals surface area contributed by atoms with E-state index in [1.54, 1.807) is 36.1 Å². The lowest BCUT2D eigenvalue weighted by Crippen LogP contribution is -2.45. The highest BCUT2D eigenvalue weighted by Gasteiger charge is 2.34. The van der Waals surface area contributed by atoms with Crippen molar-refractivity contribution in [3.05, 3.63) is 70.9 Å². The van der Waals surface area contributed by atoms with Crippen molar-refractivity contribution in [2.75, 3.05) is 31.8 Å². The fourth-order valence-electron chi connectivity index (χ4n) is 3.74. The van der Waals surface area contributed by atoms with E-state index in [4.69, 9.17) is 9.47 Å². The number of benzene rings is 2. The number of methoxy groups -OCH3 is 1. The van der Waals surface area contributed by atoms with E-state index in [9.17, 15) is 9.59 Å². The summed E-state index contributed by atoms with van der Waals surface area (Å²) in [6, 6.07) is 17.4. The minimum atomic E-state index is -0.868. The normalized spacial score (nSPS) is 11.8. The van der Waals surface area contributed by atoms with Gasteiger partial charge in [-0.2, -0.15) is 0 Å². The van der Waals surface area contributed by atoms with Crippen molar-refractivity contribution >= 4 is 39.9 Å². The van der Waals surface area contributed by atoms with Crippen LogP contribution >= 0.6 is 11.3 Å². The summed E-state index contributed by atoms with van der Waals surface area (Å²) in [5.74, 6) is 0.0865. The Morgan fingerprint density at radius 1 is 1.11 bits per heavy atom. The highest BCUT2D eigenvalue weighted by atomic mass is 32.1. The Labute approximate surface area is 207 Å². The zero-order valence-corrected chi connectivity index (χ0v) is 20.4. The molecule has 0 aliphatic carbocycles. The summed E-state index contributed by atoms with van der Waals surface area (Å²) in [6.07, 6.45) is 0. The van der Waals surface area contributed by atoms with E-state index in [0.29, 0.717) is 36.7 Å². The van der Waals surface area contributed by atoms with Gasteiger partial charge in [-0.15, -0.1) is 16.4 Å². The average Bonchev–Trinajstić information content (AvgIpc) is 3.54. The summed E-state index contributed by atoms with van der Waals surface area (Å²) in [6.45, 7) is 3.05. The van der Waals surface area contributed by atoms with Crippen LogP contribution in [-0.2, 0) is 20.9 Å². The van der Waals surface area contributed by atoms with Crippen LogP contribution in [0, 0.1) is 0 Å². The minimum absolute atomic E-state index is 0.0824. The van der Waals surface area contributed by atoms with E-state index in [0.717, 1.165) is 10.4 Å². The first kappa shape index (κ1) is 24.4. The van der Waals surface area contributed by atoms with Crippen molar-refractivity contribution < 1.29 is 19.1 Å². The van der Waals surface area contributed by atoms with Crippen molar-refractivity contribution in [2.45, 2.75) is 19.5 Å². The number of anilines is 1. The van der Waals surface area contributed by atoms with Crippen LogP contribution in [0.5, 0.6) is 5.75 Å². The van der Waals surface area contributed by atoms with E-state index < -0.39 is 6.04 Å². The van der Waals surface area contributed by atoms with Gasteiger partial charge in [0.15, 0.2) is 0 Å². The molecule has 2 aromatic carbocycles. The first-order valence-corrected chi connectivity index (χ1v) is 12.1. The number of hydrogen-bond donors (Lipinski definition) is 1. The van der Waals surface area contributed by atoms with Gasteiger partial charge in [-0.05, 0) is 54.8 Å². The standard InChI is InChI=1S/C25H27N5O4S/c1-3-34-19-12-10-18(11-13-19)30(23(31)17-29-21-8-5-4-7-20(21)27-28-29)24(22-9-6-16-35-22)25(32)26-14-15-33-2/h4-13,16,24H,3,14-15,17H2,1-2H3,(H,26,32). The van der Waals surface area contributed by atoms with Crippen LogP contribution in [0.3, 0.4) is 0 Å². The molecule has 0 radical (unpaired) electrons. The summed E-state index contributed by atoms with van der Waals surface area (Å²) >= 11 is 1.42. The average molecular weight is 494 g/mol. The molecule has 1 atom stereocenters. The third-order valence-electron chi connectivity index (χ3n) is 5.32. The number of nitrogens with zero attached hydrogens (tertiary/aromatic N) is 4. The molecule has 35 heavy (non-hydrogen) atoms. The van der Waals surface area contributed by atoms with Crippen molar-refractivity contribution in [3.8, 4) is 5.75 Å². The van der Waals surface area contributed by atoms with Crippen LogP contribution in [0.15, 0.2) is 66.0 Å². The second kappa shape index (κ2) is 11.6. The fourth-order valence-corrected chi connectivity index (χ4v) is 4.55. The van der Waals surface area contributed by atoms with Crippen LogP contribution in [0.2, 0.25) is 0 Å². The van der Waals surface area contributed by atoms with Gasteiger partial charge in [0, 0.05) is 24.2 Å². The minimum Gasteiger partial charge on any atom is -0.494 e. The van der Waals surface area contributed by atoms with Crippen LogP contribution in [0.25, 0.3) is 11.0 Å². The van der Waals surface area contributed by atoms with Crippen molar-refractivity contribution in [1.82, 2.24) is 20.3 Å². The molecule has 10 heteroatoms. The number of rotatable bonds is 11. The summed E-state index contributed by atoms with van der Waals surface area (Å²) < 4.78 is 12.2. The topological polar surface area (TPSA) is 98.6 Å². The smallest absolute Gasteiger partial charge is 0.249 e. The van der Waals surface area contributed by atoms with Gasteiger partial charge in [-0.25, -0.2) is 4.68 Å². The molecule has 4 rings (SSSR count). The van der Waals surface area contributed by atoms with Crippen LogP contribution in [-0.4, -0.2) is 53.7 Å². The number of hydrogen-bond acceptors (Lipinski definition) is 7. The molecule has 9 nitrogen and oxygen atoms in total. The molecule has 1 N–H and O–H groups in total. The van der Waals surface area contributed by atoms with E-state index in [1.165, 1.54) is 16.2 Å². The molecular formula is C25H27N5O4S. The van der Waals surface area contributed by atoms with Crippen LogP contribution in [0.1, 0.15) is 17.8 Å². The number of ether oxygens (including phenoxy) is 2. The summed E-state index contributed by atoms with van der Waals surface area (Å²) in [5, 5.41) is 13.1. The monoisotopic (exact) mass is 493 g/mol. The van der Waals surface area contributed by atoms with Crippen molar-refractivity contribution in [1.29, 1.82) is 0 Å². The number of aromatic nitrogens is 3. The number of carbonyl (C=O) groups excluding carboxylic acids is 2. The van der Waals surface area contributed by atoms with E-state index in [1.807, 2.05) is 48.7 Å². The van der Waals surface area contributed by atoms with E-state index >= 15 is 0 Å². The van der Waals surface area contributed by atoms with Gasteiger partial charge < -0.3 is 14.8 Å². The fraction of sp³-hybridized carbons (Fsp3) is 0.280. The van der Waals surface area contributed by atoms with Gasteiger partial charge in [0.05, 0.1) is 18.7 Å². The maximum atomic E-state index is 13.8. The van der Waals surface area contributed by atoms with Gasteiger partial charge in [-0.3, -0.25) is 14.5 Å². The molecule has 0 fully saturated rings. The molecule has 0 saturated carbocycles. The quantitative estimate of drug-likeness (QED) is 0.322. The Hall–Kier alpha value is -3.76. The third kappa shape index (κ3) is 5.67. The molecule has 0 aliphatic rings. The number of thiophene rings is 1. The predicted octanol–water partition coefficient (Wildman–Crippen LogP) is 3.43. The number of amides is 2. The summed E-state index contributed by atoms with van der Waals surface area (Å²) in [4.78, 5) is 29.5. The van der Waals surface area contributed by atoms with Gasteiger partial charge >= 0.3 is 0 Å². The third-order valence-corrected chi connectivity index (χ3v) is 6.25. The number of carbonyl (C=O) groups is 2. The molecular weight excluding hydrogens is 466 g/mol. The zero-order chi connectivity index (χ0) is 24.6. The SMILES string of the molecule is CCOc1ccc(N(C(=O)Cn2nnc3ccccc32)C(C(=O)NCCOC)c2cccs2)cc1. The lowest BCUT2D eigenvalue weighted by atomic mass is 10.1. The Kier molecular flexibility index (Phi) is 8.07. The van der Waals surface area contributed by atoms with Crippen LogP contribution in [0.4, 0.5) is 5.69 Å². The maximum absolute atomic E-state index is 13.8. The Morgan fingerprint density at radius 3 is 2.63 bits per heavy atom. The molecule has 182 valence electrons. The molecule has 0 bridgehead atoms. The Bertz CT molecular complexity index is 1260. The highest BCUT2D eigenvalue weighted by Crippen LogP contribution is 2.32. The molecule has 2 amide bonds. The van der Waals surface area contributed by atoms with Gasteiger partial charge in [-0.1, -0.05) is 23.4 Å². The molecule has 0 aliphatic heterocycles. The van der Waals surface area contributed by atoms with Crippen LogP contribution < -0.4 is 15.0 Å². The van der Waals surface area contributed by atoms with Crippen molar-refractivity contribution in [3.63, 3.8) is 0 Å². The highest BCUT2D eigenvalue weighted by molar-refractivity contribution is 7.10. The lowest BCUT2D eigenvalue weighted by Gasteiger charge is -2.30. The van der Waals surface area contributed by atoms with E-state index in [2.05, 4.69) is 15.6 Å². The molecule has 0 saturated heterocycles. The number of fused-ring (bicyclic) bond motifs is 1. The second-order valence-corrected chi connectivity index (χ2v) is 8.61. The molecule has 2 aromatic heterocycles. The molecule has 1 unspecified atom stereocenters. The summed E-state index contributed by atoms with van der Waals surface area (Å²) in [7, 11) is 1.57. The Morgan fingerprint density at radius 2 is 1.91 bits per heavy atom. The van der Waals surface area contributed by atoms with Crippen molar-refractivity contribution in [2.24, 2.45) is 0 Å². The molecule has 4 aromatic rings. The first-order valence-electron chi connectivity index (χ1n) is 11.3. The predicted molar refractivity (Wildman–Crippen MR) is 135 cm³/mol. The van der Waals surface area contributed by atoms with E-state index in [-0.39, 0.29) is 18.4 Å². The second-order valence-electron chi connectivity index (χ2n) is 7.63. The number of para-hydroxylation sites is 1. The maximum Gasteiger partial charge on any atom is 0.249 e. The van der Waals surface area contributed by atoms with Gasteiger partial charge in [0.25, 0.3) is 0 Å². The largest absolute Gasteiger partial charge is 0.494 e. The molecule has 0 spiro atoms. The molecule has 2 heterocycles. The number of nitrogens with one attached hydrogen (secondary N) is 1. The first-order chi connectivity index (χ1) is 17.1. The summed E-state index contributed by atoms with van der Waals surface area (Å²) in [5.41, 5.74) is 2.01.